The summed E-state index contributed by atoms with van der Waals surface area (Å²) in [5, 5.41) is 14.9. The van der Waals surface area contributed by atoms with Crippen molar-refractivity contribution < 1.29 is 19.5 Å². The fourth-order valence-electron chi connectivity index (χ4n) is 4.36. The molecule has 2 aliphatic rings. The SMILES string of the molecule is O=C(Nc1ccccc1C(=O)N1CCN(c2ccc(Cl)cc2)CC1)[C@H]1CC=CC[C@H]1C(=O)[O-]. The number of carboxylic acids is 1. The molecular weight excluding hydrogens is 442 g/mol. The molecule has 0 bridgehead atoms. The highest BCUT2D eigenvalue weighted by Crippen LogP contribution is 2.28. The summed E-state index contributed by atoms with van der Waals surface area (Å²) in [6.45, 7) is 2.46. The third-order valence-electron chi connectivity index (χ3n) is 6.25. The van der Waals surface area contributed by atoms with E-state index < -0.39 is 23.7 Å². The molecule has 1 saturated heterocycles. The standard InChI is InChI=1S/C25H26ClN3O4/c26-17-9-11-18(12-10-17)28-13-15-29(16-14-28)24(31)21-7-3-4-8-22(21)27-23(30)19-5-1-2-6-20(19)25(32)33/h1-4,7-12,19-20H,5-6,13-16H2,(H,27,30)(H,32,33)/p-1/t19-,20+/m0/s1. The first-order valence-electron chi connectivity index (χ1n) is 11.0. The molecule has 1 N–H and O–H groups in total. The van der Waals surface area contributed by atoms with Crippen LogP contribution < -0.4 is 15.3 Å². The Balaban J connectivity index is 1.43. The van der Waals surface area contributed by atoms with Gasteiger partial charge in [0, 0.05) is 48.8 Å². The largest absolute Gasteiger partial charge is 0.550 e. The van der Waals surface area contributed by atoms with Crippen molar-refractivity contribution in [3.8, 4) is 0 Å². The van der Waals surface area contributed by atoms with Gasteiger partial charge in [0.15, 0.2) is 0 Å². The maximum Gasteiger partial charge on any atom is 0.256 e. The lowest BCUT2D eigenvalue weighted by molar-refractivity contribution is -0.313. The minimum absolute atomic E-state index is 0.165. The van der Waals surface area contributed by atoms with Crippen LogP contribution in [0, 0.1) is 11.8 Å². The molecule has 0 unspecified atom stereocenters. The summed E-state index contributed by atoms with van der Waals surface area (Å²) < 4.78 is 0. The van der Waals surface area contributed by atoms with Gasteiger partial charge in [-0.15, -0.1) is 0 Å². The number of benzene rings is 2. The van der Waals surface area contributed by atoms with Crippen molar-refractivity contribution in [1.82, 2.24) is 4.90 Å². The number of aliphatic carboxylic acids is 1. The van der Waals surface area contributed by atoms with E-state index in [1.54, 1.807) is 41.3 Å². The molecule has 8 heteroatoms. The Morgan fingerprint density at radius 1 is 0.879 bits per heavy atom. The van der Waals surface area contributed by atoms with E-state index in [9.17, 15) is 19.5 Å². The van der Waals surface area contributed by atoms with Crippen molar-refractivity contribution in [3.63, 3.8) is 0 Å². The highest BCUT2D eigenvalue weighted by molar-refractivity contribution is 6.30. The Morgan fingerprint density at radius 2 is 1.52 bits per heavy atom. The normalized spacial score (nSPS) is 20.4. The molecule has 1 heterocycles. The van der Waals surface area contributed by atoms with Crippen molar-refractivity contribution in [2.45, 2.75) is 12.8 Å². The van der Waals surface area contributed by atoms with Crippen LogP contribution in [0.5, 0.6) is 0 Å². The van der Waals surface area contributed by atoms with Crippen LogP contribution >= 0.6 is 11.6 Å². The zero-order valence-electron chi connectivity index (χ0n) is 18.1. The number of anilines is 2. The summed E-state index contributed by atoms with van der Waals surface area (Å²) in [6, 6.07) is 14.5. The molecule has 2 atom stereocenters. The van der Waals surface area contributed by atoms with E-state index in [0.29, 0.717) is 48.9 Å². The van der Waals surface area contributed by atoms with Gasteiger partial charge in [0.25, 0.3) is 5.91 Å². The van der Waals surface area contributed by atoms with Crippen LogP contribution in [0.4, 0.5) is 11.4 Å². The molecule has 0 aromatic heterocycles. The lowest BCUT2D eigenvalue weighted by Crippen LogP contribution is -2.49. The van der Waals surface area contributed by atoms with E-state index >= 15 is 0 Å². The van der Waals surface area contributed by atoms with Gasteiger partial charge in [-0.1, -0.05) is 35.9 Å². The lowest BCUT2D eigenvalue weighted by Gasteiger charge is -2.36. The van der Waals surface area contributed by atoms with Crippen LogP contribution in [0.25, 0.3) is 0 Å². The quantitative estimate of drug-likeness (QED) is 0.684. The molecule has 4 rings (SSSR count). The Labute approximate surface area is 197 Å². The van der Waals surface area contributed by atoms with Crippen LogP contribution in [0.2, 0.25) is 5.02 Å². The number of hydrogen-bond donors (Lipinski definition) is 1. The predicted molar refractivity (Wildman–Crippen MR) is 125 cm³/mol. The molecule has 0 radical (unpaired) electrons. The van der Waals surface area contributed by atoms with E-state index in [4.69, 9.17) is 11.6 Å². The van der Waals surface area contributed by atoms with Crippen molar-refractivity contribution >= 4 is 40.8 Å². The number of halogens is 1. The van der Waals surface area contributed by atoms with Crippen LogP contribution in [-0.2, 0) is 9.59 Å². The number of amides is 2. The molecule has 2 amide bonds. The van der Waals surface area contributed by atoms with Crippen LogP contribution in [0.15, 0.2) is 60.7 Å². The zero-order chi connectivity index (χ0) is 23.4. The summed E-state index contributed by atoms with van der Waals surface area (Å²) in [7, 11) is 0. The molecule has 0 spiro atoms. The van der Waals surface area contributed by atoms with E-state index in [1.165, 1.54) is 0 Å². The fourth-order valence-corrected chi connectivity index (χ4v) is 4.48. The molecule has 1 fully saturated rings. The third kappa shape index (κ3) is 5.20. The molecule has 1 aliphatic heterocycles. The van der Waals surface area contributed by atoms with Gasteiger partial charge in [-0.3, -0.25) is 9.59 Å². The second-order valence-corrected chi connectivity index (χ2v) is 8.70. The van der Waals surface area contributed by atoms with E-state index in [1.807, 2.05) is 24.3 Å². The second-order valence-electron chi connectivity index (χ2n) is 8.27. The summed E-state index contributed by atoms with van der Waals surface area (Å²) in [5.74, 6) is -3.42. The molecular formula is C25H25ClN3O4-. The van der Waals surface area contributed by atoms with Crippen molar-refractivity contribution in [2.75, 3.05) is 36.4 Å². The molecule has 2 aromatic carbocycles. The minimum Gasteiger partial charge on any atom is -0.550 e. The highest BCUT2D eigenvalue weighted by atomic mass is 35.5. The maximum absolute atomic E-state index is 13.3. The number of nitrogens with one attached hydrogen (secondary N) is 1. The van der Waals surface area contributed by atoms with E-state index in [2.05, 4.69) is 10.2 Å². The van der Waals surface area contributed by atoms with Gasteiger partial charge in [-0.25, -0.2) is 0 Å². The highest BCUT2D eigenvalue weighted by Gasteiger charge is 2.31. The van der Waals surface area contributed by atoms with Gasteiger partial charge in [-0.2, -0.15) is 0 Å². The van der Waals surface area contributed by atoms with Gasteiger partial charge >= 0.3 is 0 Å². The van der Waals surface area contributed by atoms with Crippen molar-refractivity contribution in [1.29, 1.82) is 0 Å². The number of piperazine rings is 1. The van der Waals surface area contributed by atoms with Gasteiger partial charge in [0.1, 0.15) is 0 Å². The Kier molecular flexibility index (Phi) is 6.99. The smallest absolute Gasteiger partial charge is 0.256 e. The molecule has 7 nitrogen and oxygen atoms in total. The Hall–Kier alpha value is -3.32. The third-order valence-corrected chi connectivity index (χ3v) is 6.50. The number of carboxylic acid groups (broad SMARTS) is 1. The first kappa shape index (κ1) is 22.9. The van der Waals surface area contributed by atoms with Crippen molar-refractivity contribution in [3.05, 3.63) is 71.3 Å². The molecule has 172 valence electrons. The number of hydrogen-bond acceptors (Lipinski definition) is 5. The molecule has 0 saturated carbocycles. The van der Waals surface area contributed by atoms with Crippen LogP contribution in [0.3, 0.4) is 0 Å². The number of nitrogens with zero attached hydrogens (tertiary/aromatic N) is 2. The molecule has 1 aliphatic carbocycles. The first-order valence-corrected chi connectivity index (χ1v) is 11.4. The number of rotatable bonds is 5. The first-order chi connectivity index (χ1) is 15.9. The van der Waals surface area contributed by atoms with Gasteiger partial charge < -0.3 is 25.0 Å². The van der Waals surface area contributed by atoms with Crippen molar-refractivity contribution in [2.24, 2.45) is 11.8 Å². The van der Waals surface area contributed by atoms with Gasteiger partial charge in [0.2, 0.25) is 5.91 Å². The molecule has 33 heavy (non-hydrogen) atoms. The average molecular weight is 467 g/mol. The summed E-state index contributed by atoms with van der Waals surface area (Å²) in [6.07, 6.45) is 4.15. The number of carbonyl (C=O) groups is 3. The predicted octanol–water partition coefficient (Wildman–Crippen LogP) is 2.57. The monoisotopic (exact) mass is 466 g/mol. The summed E-state index contributed by atoms with van der Waals surface area (Å²) in [4.78, 5) is 41.6. The average Bonchev–Trinajstić information content (AvgIpc) is 2.84. The number of allylic oxidation sites excluding steroid dienone is 2. The lowest BCUT2D eigenvalue weighted by atomic mass is 9.82. The zero-order valence-corrected chi connectivity index (χ0v) is 18.8. The molecule has 2 aromatic rings. The Morgan fingerprint density at radius 3 is 2.18 bits per heavy atom. The topological polar surface area (TPSA) is 92.8 Å². The Bertz CT molecular complexity index is 1060. The second kappa shape index (κ2) is 10.1. The summed E-state index contributed by atoms with van der Waals surface area (Å²) in [5.41, 5.74) is 1.84. The van der Waals surface area contributed by atoms with E-state index in [0.717, 1.165) is 5.69 Å². The minimum atomic E-state index is -1.23. The van der Waals surface area contributed by atoms with E-state index in [-0.39, 0.29) is 12.3 Å². The van der Waals surface area contributed by atoms with Crippen LogP contribution in [0.1, 0.15) is 23.2 Å². The fraction of sp³-hybridized carbons (Fsp3) is 0.320. The number of para-hydroxylation sites is 1. The summed E-state index contributed by atoms with van der Waals surface area (Å²) >= 11 is 5.97. The van der Waals surface area contributed by atoms with Gasteiger partial charge in [0.05, 0.1) is 17.2 Å². The van der Waals surface area contributed by atoms with Gasteiger partial charge in [-0.05, 0) is 49.2 Å². The van der Waals surface area contributed by atoms with Crippen LogP contribution in [-0.4, -0.2) is 48.9 Å². The number of carbonyl (C=O) groups excluding carboxylic acids is 3. The maximum atomic E-state index is 13.3.